The molecule has 0 radical (unpaired) electrons. The molecule has 7 heteroatoms. The Balaban J connectivity index is 2.03. The molecule has 1 aliphatic carbocycles. The zero-order valence-electron chi connectivity index (χ0n) is 13.3. The average Bonchev–Trinajstić information content (AvgIpc) is 3.26. The Morgan fingerprint density at radius 1 is 1.61 bits per heavy atom. The van der Waals surface area contributed by atoms with Crippen LogP contribution in [-0.2, 0) is 4.74 Å². The quantitative estimate of drug-likeness (QED) is 0.674. The maximum absolute atomic E-state index is 11.7. The Morgan fingerprint density at radius 2 is 2.35 bits per heavy atom. The molecule has 7 nitrogen and oxygen atoms in total. The van der Waals surface area contributed by atoms with Gasteiger partial charge in [0.25, 0.3) is 5.91 Å². The van der Waals surface area contributed by atoms with Gasteiger partial charge in [-0.25, -0.2) is 4.52 Å². The molecule has 124 valence electrons. The van der Waals surface area contributed by atoms with Crippen LogP contribution >= 0.6 is 0 Å². The Bertz CT molecular complexity index is 723. The minimum atomic E-state index is -1.02. The van der Waals surface area contributed by atoms with Gasteiger partial charge in [0.15, 0.2) is 6.29 Å². The number of carbonyl (C=O) groups excluding carboxylic acids is 1. The van der Waals surface area contributed by atoms with Crippen molar-refractivity contribution in [3.8, 4) is 0 Å². The number of hydrogen-bond donors (Lipinski definition) is 3. The van der Waals surface area contributed by atoms with Gasteiger partial charge in [0.2, 0.25) is 0 Å². The fraction of sp³-hybridized carbons (Fsp3) is 0.500. The first kappa shape index (κ1) is 15.8. The third-order valence-corrected chi connectivity index (χ3v) is 4.23. The number of rotatable bonds is 7. The van der Waals surface area contributed by atoms with Gasteiger partial charge in [-0.05, 0) is 38.7 Å². The molecule has 1 aliphatic rings. The van der Waals surface area contributed by atoms with Crippen molar-refractivity contribution in [1.29, 1.82) is 0 Å². The summed E-state index contributed by atoms with van der Waals surface area (Å²) < 4.78 is 6.82. The van der Waals surface area contributed by atoms with Gasteiger partial charge >= 0.3 is 0 Å². The second kappa shape index (κ2) is 6.17. The summed E-state index contributed by atoms with van der Waals surface area (Å²) in [6.07, 6.45) is 4.50. The van der Waals surface area contributed by atoms with Gasteiger partial charge in [-0.1, -0.05) is 0 Å². The van der Waals surface area contributed by atoms with Crippen LogP contribution in [-0.4, -0.2) is 33.3 Å². The second-order valence-electron chi connectivity index (χ2n) is 5.98. The highest BCUT2D eigenvalue weighted by molar-refractivity contribution is 6.02. The first-order valence-electron chi connectivity index (χ1n) is 7.88. The first-order valence-corrected chi connectivity index (χ1v) is 7.88. The number of nitrogens with zero attached hydrogens (tertiary/aromatic N) is 2. The zero-order chi connectivity index (χ0) is 16.6. The monoisotopic (exact) mass is 318 g/mol. The molecule has 0 aliphatic heterocycles. The molecule has 1 saturated carbocycles. The van der Waals surface area contributed by atoms with E-state index in [4.69, 9.17) is 10.5 Å². The lowest BCUT2D eigenvalue weighted by Crippen LogP contribution is -2.22. The number of primary amides is 1. The molecule has 2 aromatic rings. The fourth-order valence-corrected chi connectivity index (χ4v) is 2.75. The van der Waals surface area contributed by atoms with Crippen LogP contribution in [0.3, 0.4) is 0 Å². The predicted octanol–water partition coefficient (Wildman–Crippen LogP) is 1.67. The summed E-state index contributed by atoms with van der Waals surface area (Å²) in [5.74, 6) is 0.0889. The number of hydrogen-bond acceptors (Lipinski definition) is 5. The summed E-state index contributed by atoms with van der Waals surface area (Å²) in [4.78, 5) is 11.7. The molecule has 2 aromatic heterocycles. The van der Waals surface area contributed by atoms with Crippen LogP contribution in [0.15, 0.2) is 18.5 Å². The lowest BCUT2D eigenvalue weighted by atomic mass is 10.1. The molecule has 4 N–H and O–H groups in total. The third kappa shape index (κ3) is 3.16. The zero-order valence-corrected chi connectivity index (χ0v) is 13.3. The third-order valence-electron chi connectivity index (χ3n) is 4.23. The lowest BCUT2D eigenvalue weighted by molar-refractivity contribution is -0.0979. The van der Waals surface area contributed by atoms with Crippen molar-refractivity contribution in [2.75, 3.05) is 11.9 Å². The Hall–Kier alpha value is -2.12. The van der Waals surface area contributed by atoms with E-state index in [9.17, 15) is 9.90 Å². The van der Waals surface area contributed by atoms with E-state index < -0.39 is 12.2 Å². The molecule has 1 amide bonds. The highest BCUT2D eigenvalue weighted by Crippen LogP contribution is 2.35. The number of carbonyl (C=O) groups is 1. The molecule has 1 fully saturated rings. The summed E-state index contributed by atoms with van der Waals surface area (Å²) in [5.41, 5.74) is 7.77. The van der Waals surface area contributed by atoms with Crippen molar-refractivity contribution < 1.29 is 14.6 Å². The maximum atomic E-state index is 11.7. The minimum absolute atomic E-state index is 0.245. The number of nitrogens with two attached hydrogens (primary N) is 1. The van der Waals surface area contributed by atoms with Crippen molar-refractivity contribution in [3.05, 3.63) is 29.6 Å². The van der Waals surface area contributed by atoms with E-state index in [-0.39, 0.29) is 6.04 Å². The highest BCUT2D eigenvalue weighted by atomic mass is 16.6. The van der Waals surface area contributed by atoms with E-state index in [1.54, 1.807) is 16.8 Å². The van der Waals surface area contributed by atoms with E-state index in [2.05, 4.69) is 17.3 Å². The van der Waals surface area contributed by atoms with E-state index in [0.29, 0.717) is 34.9 Å². The lowest BCUT2D eigenvalue weighted by Gasteiger charge is -2.17. The topological polar surface area (TPSA) is 102 Å². The average molecular weight is 318 g/mol. The number of fused-ring (bicyclic) bond motifs is 1. The number of aromatic nitrogens is 2. The van der Waals surface area contributed by atoms with Gasteiger partial charge in [-0.2, -0.15) is 5.10 Å². The van der Waals surface area contributed by atoms with Gasteiger partial charge < -0.3 is 20.9 Å². The molecule has 23 heavy (non-hydrogen) atoms. The summed E-state index contributed by atoms with van der Waals surface area (Å²) in [6.45, 7) is 4.31. The van der Waals surface area contributed by atoms with E-state index in [1.807, 2.05) is 6.92 Å². The fourth-order valence-electron chi connectivity index (χ4n) is 2.75. The van der Waals surface area contributed by atoms with Crippen molar-refractivity contribution in [3.63, 3.8) is 0 Å². The van der Waals surface area contributed by atoms with Crippen molar-refractivity contribution in [1.82, 2.24) is 9.61 Å². The van der Waals surface area contributed by atoms with Crippen molar-refractivity contribution in [2.45, 2.75) is 39.0 Å². The normalized spacial score (nSPS) is 17.2. The molecule has 0 bridgehead atoms. The molecule has 0 aromatic carbocycles. The summed E-state index contributed by atoms with van der Waals surface area (Å²) >= 11 is 0. The first-order chi connectivity index (χ1) is 11.0. The van der Waals surface area contributed by atoms with Crippen LogP contribution in [0.25, 0.3) is 5.52 Å². The number of amides is 1. The number of aliphatic hydroxyl groups excluding tert-OH is 1. The van der Waals surface area contributed by atoms with Gasteiger partial charge in [-0.15, -0.1) is 0 Å². The summed E-state index contributed by atoms with van der Waals surface area (Å²) in [6, 6.07) is 2.01. The van der Waals surface area contributed by atoms with Crippen LogP contribution in [0.5, 0.6) is 0 Å². The summed E-state index contributed by atoms with van der Waals surface area (Å²) in [5, 5.41) is 17.6. The molecule has 0 saturated heterocycles. The highest BCUT2D eigenvalue weighted by Gasteiger charge is 2.29. The van der Waals surface area contributed by atoms with E-state index >= 15 is 0 Å². The molecular weight excluding hydrogens is 296 g/mol. The molecule has 3 rings (SSSR count). The summed E-state index contributed by atoms with van der Waals surface area (Å²) in [7, 11) is 0. The number of nitrogens with one attached hydrogen (secondary N) is 1. The van der Waals surface area contributed by atoms with Crippen molar-refractivity contribution in [2.24, 2.45) is 11.7 Å². The molecule has 2 heterocycles. The molecule has 2 atom stereocenters. The minimum Gasteiger partial charge on any atom is -0.380 e. The van der Waals surface area contributed by atoms with E-state index in [1.165, 1.54) is 19.0 Å². The molecular formula is C16H22N4O3. The number of ether oxygens (including phenoxy) is 1. The smallest absolute Gasteiger partial charge is 0.252 e. The molecule has 2 unspecified atom stereocenters. The number of anilines is 1. The van der Waals surface area contributed by atoms with Crippen LogP contribution in [0.2, 0.25) is 0 Å². The van der Waals surface area contributed by atoms with Crippen LogP contribution in [0.4, 0.5) is 5.69 Å². The largest absolute Gasteiger partial charge is 0.380 e. The van der Waals surface area contributed by atoms with Gasteiger partial charge in [-0.3, -0.25) is 4.79 Å². The Kier molecular flexibility index (Phi) is 4.23. The predicted molar refractivity (Wildman–Crippen MR) is 86.1 cm³/mol. The standard InChI is InChI=1S/C16H22N4O3/c1-3-23-16(22)11-6-13-14(19-9(2)10-4-5-10)12(15(17)21)7-18-20(13)8-11/h6-10,16,19,22H,3-5H2,1-2H3,(H2,17,21). The van der Waals surface area contributed by atoms with Gasteiger partial charge in [0, 0.05) is 24.4 Å². The van der Waals surface area contributed by atoms with Gasteiger partial charge in [0.1, 0.15) is 0 Å². The Labute approximate surface area is 134 Å². The second-order valence-corrected chi connectivity index (χ2v) is 5.98. The van der Waals surface area contributed by atoms with E-state index in [0.717, 1.165) is 0 Å². The number of aliphatic hydroxyl groups is 1. The Morgan fingerprint density at radius 3 is 2.96 bits per heavy atom. The van der Waals surface area contributed by atoms with Crippen LogP contribution in [0, 0.1) is 5.92 Å². The maximum Gasteiger partial charge on any atom is 0.252 e. The SMILES string of the molecule is CCOC(O)c1cc2c(NC(C)C3CC3)c(C(N)=O)cnn2c1. The van der Waals surface area contributed by atoms with Crippen molar-refractivity contribution >= 4 is 17.1 Å². The van der Waals surface area contributed by atoms with Gasteiger partial charge in [0.05, 0.1) is 23.0 Å². The van der Waals surface area contributed by atoms with Crippen LogP contribution < -0.4 is 11.1 Å². The van der Waals surface area contributed by atoms with Crippen LogP contribution in [0.1, 0.15) is 48.9 Å². The molecule has 0 spiro atoms.